The molecular formula is C24H21F3N2O4. The number of nitro groups is 1. The number of nitrogens with zero attached hydrogens (tertiary/aromatic N) is 1. The number of benzene rings is 2. The number of carbonyl (C=O) groups is 1. The summed E-state index contributed by atoms with van der Waals surface area (Å²) in [7, 11) is 0. The lowest BCUT2D eigenvalue weighted by Gasteiger charge is -2.27. The first-order valence-corrected chi connectivity index (χ1v) is 10.1. The number of nitrogens with one attached hydrogen (secondary N) is 1. The second-order valence-corrected chi connectivity index (χ2v) is 7.24. The second-order valence-electron chi connectivity index (χ2n) is 7.24. The lowest BCUT2D eigenvalue weighted by molar-refractivity contribution is -0.431. The number of halogens is 3. The maximum absolute atomic E-state index is 13.4. The van der Waals surface area contributed by atoms with Crippen molar-refractivity contribution >= 4 is 12.0 Å². The first kappa shape index (κ1) is 23.8. The molecule has 0 amide bonds. The van der Waals surface area contributed by atoms with Gasteiger partial charge in [-0.2, -0.15) is 13.2 Å². The molecule has 0 bridgehead atoms. The Morgan fingerprint density at radius 3 is 2.45 bits per heavy atom. The molecule has 1 heterocycles. The number of allylic oxidation sites excluding steroid dienone is 3. The van der Waals surface area contributed by atoms with Crippen molar-refractivity contribution in [3.05, 3.63) is 110 Å². The van der Waals surface area contributed by atoms with Gasteiger partial charge in [0.2, 0.25) is 0 Å². The summed E-state index contributed by atoms with van der Waals surface area (Å²) in [5.41, 5.74) is -0.442. The molecular weight excluding hydrogens is 437 g/mol. The van der Waals surface area contributed by atoms with E-state index >= 15 is 0 Å². The van der Waals surface area contributed by atoms with Crippen LogP contribution in [0.4, 0.5) is 13.2 Å². The van der Waals surface area contributed by atoms with E-state index in [0.29, 0.717) is 0 Å². The molecule has 1 N–H and O–H groups in total. The number of carbonyl (C=O) groups excluding carboxylic acids is 1. The Bertz CT molecular complexity index is 1150. The lowest BCUT2D eigenvalue weighted by Crippen LogP contribution is -2.32. The summed E-state index contributed by atoms with van der Waals surface area (Å²) in [6.45, 7) is 3.00. The van der Waals surface area contributed by atoms with Gasteiger partial charge >= 0.3 is 12.1 Å². The van der Waals surface area contributed by atoms with Gasteiger partial charge in [0.05, 0.1) is 34.1 Å². The highest BCUT2D eigenvalue weighted by Gasteiger charge is 2.42. The summed E-state index contributed by atoms with van der Waals surface area (Å²) in [5.74, 6) is -2.22. The van der Waals surface area contributed by atoms with Gasteiger partial charge in [-0.1, -0.05) is 54.6 Å². The second kappa shape index (κ2) is 9.72. The third-order valence-electron chi connectivity index (χ3n) is 5.04. The van der Waals surface area contributed by atoms with Crippen LogP contribution in [0.3, 0.4) is 0 Å². The molecule has 1 atom stereocenters. The van der Waals surface area contributed by atoms with Gasteiger partial charge in [0.25, 0.3) is 5.70 Å². The zero-order valence-electron chi connectivity index (χ0n) is 17.8. The quantitative estimate of drug-likeness (QED) is 0.355. The number of hydrogen-bond acceptors (Lipinski definition) is 5. The van der Waals surface area contributed by atoms with Crippen molar-refractivity contribution in [1.29, 1.82) is 0 Å². The molecule has 1 aliphatic heterocycles. The zero-order chi connectivity index (χ0) is 24.2. The number of rotatable bonds is 6. The minimum Gasteiger partial charge on any atom is -0.463 e. The average molecular weight is 458 g/mol. The molecule has 0 spiro atoms. The summed E-state index contributed by atoms with van der Waals surface area (Å²) in [6.07, 6.45) is -1.40. The Labute approximate surface area is 188 Å². The van der Waals surface area contributed by atoms with Gasteiger partial charge in [-0.3, -0.25) is 10.1 Å². The molecule has 0 radical (unpaired) electrons. The highest BCUT2D eigenvalue weighted by atomic mass is 19.4. The number of esters is 1. The number of alkyl halides is 3. The molecule has 0 aromatic heterocycles. The fraction of sp³-hybridized carbons (Fsp3) is 0.208. The molecule has 172 valence electrons. The molecule has 9 heteroatoms. The smallest absolute Gasteiger partial charge is 0.416 e. The molecule has 0 aliphatic carbocycles. The van der Waals surface area contributed by atoms with Crippen molar-refractivity contribution in [3.63, 3.8) is 0 Å². The van der Waals surface area contributed by atoms with Crippen LogP contribution in [0.25, 0.3) is 6.08 Å². The summed E-state index contributed by atoms with van der Waals surface area (Å²) in [6, 6.07) is 13.3. The number of hydrogen-bond donors (Lipinski definition) is 1. The van der Waals surface area contributed by atoms with Gasteiger partial charge < -0.3 is 10.1 Å². The van der Waals surface area contributed by atoms with E-state index in [4.69, 9.17) is 4.74 Å². The Morgan fingerprint density at radius 2 is 1.85 bits per heavy atom. The van der Waals surface area contributed by atoms with Gasteiger partial charge in [0, 0.05) is 0 Å². The minimum absolute atomic E-state index is 0.0101. The molecule has 0 fully saturated rings. The standard InChI is InChI=1S/C24H21F3N2O4/c1-3-33-23(30)21-19(13-12-16-8-5-4-6-9-16)28-15(2)22(29(31)32)20(21)17-10-7-11-18(14-17)24(25,26)27/h4-14,20,28H,3H2,1-2H3/b13-12+. The predicted octanol–water partition coefficient (Wildman–Crippen LogP) is 5.43. The first-order chi connectivity index (χ1) is 15.6. The molecule has 0 saturated carbocycles. The average Bonchev–Trinajstić information content (AvgIpc) is 2.77. The highest BCUT2D eigenvalue weighted by molar-refractivity contribution is 5.93. The van der Waals surface area contributed by atoms with Crippen molar-refractivity contribution in [2.75, 3.05) is 6.61 Å². The van der Waals surface area contributed by atoms with Crippen LogP contribution < -0.4 is 5.32 Å². The fourth-order valence-corrected chi connectivity index (χ4v) is 3.62. The van der Waals surface area contributed by atoms with Crippen molar-refractivity contribution in [3.8, 4) is 0 Å². The van der Waals surface area contributed by atoms with Crippen LogP contribution in [0.5, 0.6) is 0 Å². The van der Waals surface area contributed by atoms with Crippen LogP contribution in [0.2, 0.25) is 0 Å². The molecule has 3 rings (SSSR count). The van der Waals surface area contributed by atoms with E-state index < -0.39 is 34.2 Å². The lowest BCUT2D eigenvalue weighted by atomic mass is 9.83. The summed E-state index contributed by atoms with van der Waals surface area (Å²) in [4.78, 5) is 24.2. The maximum atomic E-state index is 13.4. The Hall–Kier alpha value is -3.88. The SMILES string of the molecule is CCOC(=O)C1=C(/C=C/c2ccccc2)NC(C)=C([N+](=O)[O-])C1c1cccc(C(F)(F)F)c1. The van der Waals surface area contributed by atoms with Crippen molar-refractivity contribution in [1.82, 2.24) is 5.32 Å². The maximum Gasteiger partial charge on any atom is 0.416 e. The van der Waals surface area contributed by atoms with Gasteiger partial charge in [0.1, 0.15) is 5.92 Å². The Kier molecular flexibility index (Phi) is 7.01. The fourth-order valence-electron chi connectivity index (χ4n) is 3.62. The molecule has 2 aromatic rings. The van der Waals surface area contributed by atoms with Gasteiger partial charge in [-0.05, 0) is 37.1 Å². The number of dihydropyridines is 1. The third kappa shape index (κ3) is 5.31. The van der Waals surface area contributed by atoms with Crippen LogP contribution in [0.15, 0.2) is 83.3 Å². The summed E-state index contributed by atoms with van der Waals surface area (Å²) in [5, 5.41) is 14.8. The molecule has 1 unspecified atom stereocenters. The van der Waals surface area contributed by atoms with Gasteiger partial charge in [-0.25, -0.2) is 4.79 Å². The molecule has 1 aliphatic rings. The van der Waals surface area contributed by atoms with Crippen LogP contribution in [0, 0.1) is 10.1 Å². The van der Waals surface area contributed by atoms with Crippen molar-refractivity contribution < 1.29 is 27.6 Å². The largest absolute Gasteiger partial charge is 0.463 e. The van der Waals surface area contributed by atoms with E-state index in [-0.39, 0.29) is 29.1 Å². The Balaban J connectivity index is 2.24. The van der Waals surface area contributed by atoms with E-state index in [2.05, 4.69) is 5.32 Å². The van der Waals surface area contributed by atoms with Crippen LogP contribution >= 0.6 is 0 Å². The van der Waals surface area contributed by atoms with Gasteiger partial charge in [-0.15, -0.1) is 0 Å². The molecule has 6 nitrogen and oxygen atoms in total. The van der Waals surface area contributed by atoms with E-state index in [1.165, 1.54) is 13.0 Å². The van der Waals surface area contributed by atoms with E-state index in [1.807, 2.05) is 30.3 Å². The van der Waals surface area contributed by atoms with E-state index in [1.54, 1.807) is 19.1 Å². The van der Waals surface area contributed by atoms with Crippen LogP contribution in [0.1, 0.15) is 36.5 Å². The molecule has 2 aromatic carbocycles. The summed E-state index contributed by atoms with van der Waals surface area (Å²) < 4.78 is 45.2. The zero-order valence-corrected chi connectivity index (χ0v) is 17.8. The summed E-state index contributed by atoms with van der Waals surface area (Å²) >= 11 is 0. The van der Waals surface area contributed by atoms with E-state index in [9.17, 15) is 28.1 Å². The van der Waals surface area contributed by atoms with Crippen LogP contribution in [-0.2, 0) is 15.7 Å². The van der Waals surface area contributed by atoms with Crippen LogP contribution in [-0.4, -0.2) is 17.5 Å². The predicted molar refractivity (Wildman–Crippen MR) is 116 cm³/mol. The molecule has 0 saturated heterocycles. The normalized spacial score (nSPS) is 16.7. The monoisotopic (exact) mass is 458 g/mol. The minimum atomic E-state index is -4.65. The van der Waals surface area contributed by atoms with E-state index in [0.717, 1.165) is 23.8 Å². The molecule has 33 heavy (non-hydrogen) atoms. The Morgan fingerprint density at radius 1 is 1.15 bits per heavy atom. The highest BCUT2D eigenvalue weighted by Crippen LogP contribution is 2.41. The van der Waals surface area contributed by atoms with Crippen molar-refractivity contribution in [2.24, 2.45) is 0 Å². The van der Waals surface area contributed by atoms with Crippen molar-refractivity contribution in [2.45, 2.75) is 25.9 Å². The van der Waals surface area contributed by atoms with Gasteiger partial charge in [0.15, 0.2) is 0 Å². The first-order valence-electron chi connectivity index (χ1n) is 10.1. The third-order valence-corrected chi connectivity index (χ3v) is 5.04. The topological polar surface area (TPSA) is 81.5 Å². The number of ether oxygens (including phenoxy) is 1.